The van der Waals surface area contributed by atoms with Gasteiger partial charge in [-0.25, -0.2) is 4.79 Å². The van der Waals surface area contributed by atoms with E-state index in [4.69, 9.17) is 0 Å². The molecule has 2 atom stereocenters. The van der Waals surface area contributed by atoms with Crippen molar-refractivity contribution in [2.24, 2.45) is 0 Å². The lowest BCUT2D eigenvalue weighted by Gasteiger charge is -2.42. The number of nitrogens with one attached hydrogen (secondary N) is 1. The Morgan fingerprint density at radius 1 is 1.03 bits per heavy atom. The topological polar surface area (TPSA) is 55.9 Å². The number of likely N-dealkylation sites (tertiary alicyclic amines) is 2. The highest BCUT2D eigenvalue weighted by molar-refractivity contribution is 5.94. The number of rotatable bonds is 4. The molecule has 4 aliphatic rings. The number of carbonyl (C=O) groups excluding carboxylic acids is 2. The molecule has 3 amide bonds. The van der Waals surface area contributed by atoms with E-state index in [1.54, 1.807) is 0 Å². The fourth-order valence-electron chi connectivity index (χ4n) is 5.43. The van der Waals surface area contributed by atoms with E-state index in [0.29, 0.717) is 18.5 Å². The molecule has 1 N–H and O–H groups in total. The van der Waals surface area contributed by atoms with Crippen LogP contribution in [0.2, 0.25) is 0 Å². The summed E-state index contributed by atoms with van der Waals surface area (Å²) >= 11 is 0. The molecule has 6 nitrogen and oxygen atoms in total. The molecule has 0 aromatic heterocycles. The van der Waals surface area contributed by atoms with Crippen LogP contribution in [0.15, 0.2) is 24.3 Å². The maximum atomic E-state index is 13.0. The third kappa shape index (κ3) is 3.63. The van der Waals surface area contributed by atoms with Crippen LogP contribution in [0.3, 0.4) is 0 Å². The average molecular weight is 397 g/mol. The van der Waals surface area contributed by atoms with Crippen molar-refractivity contribution < 1.29 is 9.59 Å². The lowest BCUT2D eigenvalue weighted by atomic mass is 9.95. The second-order valence-electron chi connectivity index (χ2n) is 9.13. The molecule has 4 fully saturated rings. The number of piperidine rings is 2. The second kappa shape index (κ2) is 7.63. The summed E-state index contributed by atoms with van der Waals surface area (Å²) in [4.78, 5) is 32.3. The highest BCUT2D eigenvalue weighted by atomic mass is 16.2. The van der Waals surface area contributed by atoms with Gasteiger partial charge in [0.2, 0.25) is 0 Å². The van der Waals surface area contributed by atoms with E-state index in [1.165, 1.54) is 18.4 Å². The Morgan fingerprint density at radius 2 is 1.76 bits per heavy atom. The Bertz CT molecular complexity index is 768. The zero-order valence-corrected chi connectivity index (χ0v) is 17.3. The predicted octanol–water partition coefficient (Wildman–Crippen LogP) is 2.66. The van der Waals surface area contributed by atoms with Gasteiger partial charge in [-0.1, -0.05) is 19.1 Å². The zero-order chi connectivity index (χ0) is 20.0. The summed E-state index contributed by atoms with van der Waals surface area (Å²) in [7, 11) is 0. The Morgan fingerprint density at radius 3 is 2.41 bits per heavy atom. The van der Waals surface area contributed by atoms with Crippen LogP contribution in [-0.2, 0) is 0 Å². The number of urea groups is 1. The Balaban J connectivity index is 1.22. The van der Waals surface area contributed by atoms with E-state index in [1.807, 2.05) is 17.0 Å². The molecule has 1 saturated carbocycles. The molecule has 5 rings (SSSR count). The van der Waals surface area contributed by atoms with Gasteiger partial charge in [0.25, 0.3) is 5.91 Å². The maximum absolute atomic E-state index is 13.0. The molecule has 6 heteroatoms. The first kappa shape index (κ1) is 18.9. The van der Waals surface area contributed by atoms with Gasteiger partial charge in [-0.05, 0) is 62.3 Å². The van der Waals surface area contributed by atoms with Gasteiger partial charge in [-0.2, -0.15) is 0 Å². The van der Waals surface area contributed by atoms with Crippen LogP contribution in [-0.4, -0.2) is 77.5 Å². The molecule has 1 aromatic rings. The molecular weight excluding hydrogens is 364 g/mol. The van der Waals surface area contributed by atoms with Gasteiger partial charge in [0.1, 0.15) is 0 Å². The summed E-state index contributed by atoms with van der Waals surface area (Å²) in [6.45, 7) is 6.77. The van der Waals surface area contributed by atoms with E-state index >= 15 is 0 Å². The fraction of sp³-hybridized carbons (Fsp3) is 0.652. The molecule has 3 heterocycles. The van der Waals surface area contributed by atoms with Crippen molar-refractivity contribution in [1.29, 1.82) is 0 Å². The van der Waals surface area contributed by atoms with E-state index in [0.717, 1.165) is 51.0 Å². The average Bonchev–Trinajstić information content (AvgIpc) is 3.55. The van der Waals surface area contributed by atoms with Crippen LogP contribution in [0.4, 0.5) is 4.79 Å². The third-order valence-electron chi connectivity index (χ3n) is 7.37. The lowest BCUT2D eigenvalue weighted by Crippen LogP contribution is -2.55. The normalized spacial score (nSPS) is 28.4. The molecule has 1 aromatic carbocycles. The van der Waals surface area contributed by atoms with Crippen LogP contribution >= 0.6 is 0 Å². The van der Waals surface area contributed by atoms with Crippen LogP contribution in [0.1, 0.15) is 60.9 Å². The Kier molecular flexibility index (Phi) is 4.98. The van der Waals surface area contributed by atoms with Gasteiger partial charge >= 0.3 is 6.03 Å². The number of hydrogen-bond donors (Lipinski definition) is 1. The quantitative estimate of drug-likeness (QED) is 0.851. The summed E-state index contributed by atoms with van der Waals surface area (Å²) in [5.74, 6) is 0.800. The highest BCUT2D eigenvalue weighted by Gasteiger charge is 2.46. The van der Waals surface area contributed by atoms with Gasteiger partial charge in [0.05, 0.1) is 12.1 Å². The number of benzene rings is 1. The second-order valence-corrected chi connectivity index (χ2v) is 9.13. The zero-order valence-electron chi connectivity index (χ0n) is 17.3. The molecule has 3 saturated heterocycles. The molecule has 0 bridgehead atoms. The standard InChI is InChI=1S/C23H32N4O2/c1-2-25-12-9-19(10-13-25)27-21-11-14-26(15-20(21)24-23(27)29)22(28)18-7-5-17(6-8-18)16-3-4-16/h5-8,16,19-21H,2-4,9-15H2,1H3,(H,24,29). The van der Waals surface area contributed by atoms with Crippen molar-refractivity contribution in [2.75, 3.05) is 32.7 Å². The van der Waals surface area contributed by atoms with Crippen molar-refractivity contribution in [2.45, 2.75) is 63.1 Å². The number of nitrogens with zero attached hydrogens (tertiary/aromatic N) is 3. The van der Waals surface area contributed by atoms with Crippen molar-refractivity contribution >= 4 is 11.9 Å². The molecule has 3 aliphatic heterocycles. The first-order valence-electron chi connectivity index (χ1n) is 11.3. The molecule has 156 valence electrons. The minimum Gasteiger partial charge on any atom is -0.336 e. The first-order valence-corrected chi connectivity index (χ1v) is 11.3. The summed E-state index contributed by atoms with van der Waals surface area (Å²) in [6.07, 6.45) is 5.52. The van der Waals surface area contributed by atoms with E-state index in [2.05, 4.69) is 34.2 Å². The molecule has 29 heavy (non-hydrogen) atoms. The molecule has 2 unspecified atom stereocenters. The Hall–Kier alpha value is -2.08. The lowest BCUT2D eigenvalue weighted by molar-refractivity contribution is 0.0593. The minimum absolute atomic E-state index is 0.0511. The summed E-state index contributed by atoms with van der Waals surface area (Å²) in [5, 5.41) is 3.18. The van der Waals surface area contributed by atoms with E-state index in [-0.39, 0.29) is 24.0 Å². The number of carbonyl (C=O) groups is 2. The minimum atomic E-state index is 0.0511. The van der Waals surface area contributed by atoms with Crippen LogP contribution in [0, 0.1) is 0 Å². The van der Waals surface area contributed by atoms with Crippen molar-refractivity contribution in [3.8, 4) is 0 Å². The summed E-state index contributed by atoms with van der Waals surface area (Å²) < 4.78 is 0. The third-order valence-corrected chi connectivity index (χ3v) is 7.37. The first-order chi connectivity index (χ1) is 14.1. The van der Waals surface area contributed by atoms with Crippen molar-refractivity contribution in [3.05, 3.63) is 35.4 Å². The Labute approximate surface area is 173 Å². The fourth-order valence-corrected chi connectivity index (χ4v) is 5.43. The largest absolute Gasteiger partial charge is 0.336 e. The maximum Gasteiger partial charge on any atom is 0.318 e. The van der Waals surface area contributed by atoms with Crippen LogP contribution in [0.5, 0.6) is 0 Å². The van der Waals surface area contributed by atoms with Gasteiger partial charge in [0.15, 0.2) is 0 Å². The molecular formula is C23H32N4O2. The smallest absolute Gasteiger partial charge is 0.318 e. The molecule has 0 spiro atoms. The van der Waals surface area contributed by atoms with E-state index in [9.17, 15) is 9.59 Å². The van der Waals surface area contributed by atoms with E-state index < -0.39 is 0 Å². The monoisotopic (exact) mass is 396 g/mol. The van der Waals surface area contributed by atoms with Crippen LogP contribution in [0.25, 0.3) is 0 Å². The highest BCUT2D eigenvalue weighted by Crippen LogP contribution is 2.40. The van der Waals surface area contributed by atoms with Gasteiger partial charge in [-0.15, -0.1) is 0 Å². The summed E-state index contributed by atoms with van der Waals surface area (Å²) in [6, 6.07) is 8.85. The van der Waals surface area contributed by atoms with Crippen molar-refractivity contribution in [1.82, 2.24) is 20.0 Å². The molecule has 1 aliphatic carbocycles. The SMILES string of the molecule is CCN1CCC(N2C(=O)NC3CN(C(=O)c4ccc(C5CC5)cc4)CCC32)CC1. The summed E-state index contributed by atoms with van der Waals surface area (Å²) in [5.41, 5.74) is 2.12. The van der Waals surface area contributed by atoms with Gasteiger partial charge in [-0.3, -0.25) is 4.79 Å². The molecule has 0 radical (unpaired) electrons. The number of amides is 3. The number of hydrogen-bond acceptors (Lipinski definition) is 3. The van der Waals surface area contributed by atoms with Crippen LogP contribution < -0.4 is 5.32 Å². The van der Waals surface area contributed by atoms with Gasteiger partial charge < -0.3 is 20.0 Å². The number of fused-ring (bicyclic) bond motifs is 1. The predicted molar refractivity (Wildman–Crippen MR) is 112 cm³/mol. The van der Waals surface area contributed by atoms with Gasteiger partial charge in [0, 0.05) is 37.8 Å². The van der Waals surface area contributed by atoms with Crippen molar-refractivity contribution in [3.63, 3.8) is 0 Å².